The van der Waals surface area contributed by atoms with Crippen LogP contribution in [0.25, 0.3) is 10.6 Å². The second kappa shape index (κ2) is 3.38. The lowest BCUT2D eigenvalue weighted by molar-refractivity contribution is 0.746. The highest BCUT2D eigenvalue weighted by Crippen LogP contribution is 2.19. The molecule has 0 aliphatic rings. The fourth-order valence-electron chi connectivity index (χ4n) is 1.13. The fourth-order valence-corrected chi connectivity index (χ4v) is 1.88. The van der Waals surface area contributed by atoms with Crippen molar-refractivity contribution in [1.29, 1.82) is 0 Å². The van der Waals surface area contributed by atoms with Crippen LogP contribution in [0.2, 0.25) is 0 Å². The topological polar surface area (TPSA) is 34.9 Å². The minimum atomic E-state index is -0.0672. The number of nitrogens with zero attached hydrogens (tertiary/aromatic N) is 2. The summed E-state index contributed by atoms with van der Waals surface area (Å²) in [5.74, 6) is 0. The lowest BCUT2D eigenvalue weighted by Crippen LogP contribution is -2.08. The molecule has 0 amide bonds. The van der Waals surface area contributed by atoms with E-state index in [9.17, 15) is 4.79 Å². The molecule has 0 aliphatic carbocycles. The molecule has 0 spiro atoms. The molecule has 2 aromatic rings. The molecule has 0 N–H and O–H groups in total. The van der Waals surface area contributed by atoms with E-state index in [1.165, 1.54) is 4.68 Å². The molecular formula is C10H8N2OS. The van der Waals surface area contributed by atoms with E-state index in [-0.39, 0.29) is 4.87 Å². The van der Waals surface area contributed by atoms with Crippen molar-refractivity contribution in [2.24, 2.45) is 7.05 Å². The van der Waals surface area contributed by atoms with Crippen LogP contribution in [-0.4, -0.2) is 9.78 Å². The van der Waals surface area contributed by atoms with E-state index in [0.717, 1.165) is 16.9 Å². The Morgan fingerprint density at radius 1 is 1.50 bits per heavy atom. The Kier molecular flexibility index (Phi) is 2.21. The van der Waals surface area contributed by atoms with Crippen molar-refractivity contribution < 1.29 is 0 Å². The van der Waals surface area contributed by atoms with Crippen LogP contribution in [0.4, 0.5) is 0 Å². The molecule has 2 rings (SSSR count). The van der Waals surface area contributed by atoms with Crippen molar-refractivity contribution >= 4 is 11.3 Å². The first kappa shape index (κ1) is 9.15. The van der Waals surface area contributed by atoms with Crippen LogP contribution in [0.5, 0.6) is 0 Å². The van der Waals surface area contributed by atoms with Crippen LogP contribution < -0.4 is 4.87 Å². The van der Waals surface area contributed by atoms with Crippen LogP contribution in [0, 0.1) is 6.92 Å². The van der Waals surface area contributed by atoms with Gasteiger partial charge in [0.2, 0.25) is 0 Å². The Morgan fingerprint density at radius 3 is 2.86 bits per heavy atom. The zero-order chi connectivity index (χ0) is 10.1. The highest BCUT2D eigenvalue weighted by Gasteiger charge is 2.05. The number of aryl methyl sites for hydroxylation is 1. The first-order chi connectivity index (χ1) is 6.66. The Balaban J connectivity index is 2.54. The van der Waals surface area contributed by atoms with Crippen LogP contribution in [0.15, 0.2) is 29.1 Å². The fraction of sp³-hybridized carbons (Fsp3) is 0.100. The van der Waals surface area contributed by atoms with Gasteiger partial charge in [-0.2, -0.15) is 5.10 Å². The van der Waals surface area contributed by atoms with Gasteiger partial charge in [0.25, 0.3) is 0 Å². The molecule has 14 heavy (non-hydrogen) atoms. The molecule has 1 aromatic heterocycles. The van der Waals surface area contributed by atoms with E-state index in [1.807, 2.05) is 12.1 Å². The quantitative estimate of drug-likeness (QED) is 0.706. The molecule has 0 atom stereocenters. The predicted molar refractivity (Wildman–Crippen MR) is 56.2 cm³/mol. The van der Waals surface area contributed by atoms with Gasteiger partial charge in [-0.1, -0.05) is 29.5 Å². The average Bonchev–Trinajstić information content (AvgIpc) is 2.47. The van der Waals surface area contributed by atoms with E-state index in [1.54, 1.807) is 19.2 Å². The van der Waals surface area contributed by atoms with Gasteiger partial charge in [-0.05, 0) is 18.6 Å². The third-order valence-electron chi connectivity index (χ3n) is 1.82. The minimum Gasteiger partial charge on any atom is -0.255 e. The molecule has 2 radical (unpaired) electrons. The summed E-state index contributed by atoms with van der Waals surface area (Å²) < 4.78 is 1.32. The summed E-state index contributed by atoms with van der Waals surface area (Å²) in [7, 11) is 1.63. The number of hydrogen-bond donors (Lipinski definition) is 0. The summed E-state index contributed by atoms with van der Waals surface area (Å²) in [4.78, 5) is 11.1. The highest BCUT2D eigenvalue weighted by molar-refractivity contribution is 7.12. The van der Waals surface area contributed by atoms with Crippen molar-refractivity contribution in [2.45, 2.75) is 0 Å². The summed E-state index contributed by atoms with van der Waals surface area (Å²) in [6, 6.07) is 7.33. The second-order valence-corrected chi connectivity index (χ2v) is 3.86. The van der Waals surface area contributed by atoms with Gasteiger partial charge in [0.1, 0.15) is 5.01 Å². The van der Waals surface area contributed by atoms with Crippen LogP contribution in [-0.2, 0) is 7.05 Å². The maximum Gasteiger partial charge on any atom is 0.325 e. The third kappa shape index (κ3) is 1.61. The van der Waals surface area contributed by atoms with Gasteiger partial charge < -0.3 is 0 Å². The zero-order valence-electron chi connectivity index (χ0n) is 7.60. The lowest BCUT2D eigenvalue weighted by atomic mass is 10.1. The van der Waals surface area contributed by atoms with Gasteiger partial charge in [0, 0.05) is 12.6 Å². The average molecular weight is 204 g/mol. The van der Waals surface area contributed by atoms with E-state index >= 15 is 0 Å². The molecule has 0 fully saturated rings. The Morgan fingerprint density at radius 2 is 2.29 bits per heavy atom. The summed E-state index contributed by atoms with van der Waals surface area (Å²) in [5.41, 5.74) is 1.56. The van der Waals surface area contributed by atoms with Gasteiger partial charge in [-0.15, -0.1) is 0 Å². The molecule has 0 saturated carbocycles. The van der Waals surface area contributed by atoms with Crippen LogP contribution >= 0.6 is 11.3 Å². The maximum absolute atomic E-state index is 11.2. The number of benzene rings is 1. The number of aromatic nitrogens is 2. The Hall–Kier alpha value is -1.42. The minimum absolute atomic E-state index is 0.0672. The summed E-state index contributed by atoms with van der Waals surface area (Å²) in [6.07, 6.45) is 0. The van der Waals surface area contributed by atoms with Crippen molar-refractivity contribution in [1.82, 2.24) is 9.78 Å². The van der Waals surface area contributed by atoms with Gasteiger partial charge >= 0.3 is 4.87 Å². The normalized spacial score (nSPS) is 10.4. The molecular weight excluding hydrogens is 196 g/mol. The van der Waals surface area contributed by atoms with Crippen molar-refractivity contribution in [3.8, 4) is 10.6 Å². The molecule has 3 nitrogen and oxygen atoms in total. The standard InChI is InChI=1S/C10H8N2OS/c1-7-4-3-5-8(6-7)9-11-12(2)10(13)14-9/h1,3-6H,2H3. The van der Waals surface area contributed by atoms with Gasteiger partial charge in [-0.3, -0.25) is 4.79 Å². The number of hydrogen-bond acceptors (Lipinski definition) is 3. The number of rotatable bonds is 1. The largest absolute Gasteiger partial charge is 0.325 e. The van der Waals surface area contributed by atoms with E-state index in [4.69, 9.17) is 6.92 Å². The zero-order valence-corrected chi connectivity index (χ0v) is 8.41. The summed E-state index contributed by atoms with van der Waals surface area (Å²) in [6.45, 7) is 5.63. The van der Waals surface area contributed by atoms with E-state index < -0.39 is 0 Å². The molecule has 70 valence electrons. The molecule has 0 bridgehead atoms. The van der Waals surface area contributed by atoms with E-state index in [2.05, 4.69) is 5.10 Å². The van der Waals surface area contributed by atoms with Crippen LogP contribution in [0.3, 0.4) is 0 Å². The first-order valence-corrected chi connectivity index (χ1v) is 4.88. The molecule has 4 heteroatoms. The summed E-state index contributed by atoms with van der Waals surface area (Å²) >= 11 is 1.12. The van der Waals surface area contributed by atoms with Crippen molar-refractivity contribution in [2.75, 3.05) is 0 Å². The molecule has 1 aromatic carbocycles. The van der Waals surface area contributed by atoms with Gasteiger partial charge in [0.05, 0.1) is 0 Å². The molecule has 0 aliphatic heterocycles. The van der Waals surface area contributed by atoms with Crippen molar-refractivity contribution in [3.63, 3.8) is 0 Å². The van der Waals surface area contributed by atoms with Crippen molar-refractivity contribution in [3.05, 3.63) is 46.4 Å². The molecule has 0 saturated heterocycles. The highest BCUT2D eigenvalue weighted by atomic mass is 32.1. The second-order valence-electron chi connectivity index (χ2n) is 2.92. The van der Waals surface area contributed by atoms with Gasteiger partial charge in [-0.25, -0.2) is 4.68 Å². The third-order valence-corrected chi connectivity index (χ3v) is 2.77. The molecule has 1 heterocycles. The van der Waals surface area contributed by atoms with Crippen LogP contribution in [0.1, 0.15) is 5.56 Å². The summed E-state index contributed by atoms with van der Waals surface area (Å²) in [5, 5.41) is 4.79. The van der Waals surface area contributed by atoms with Gasteiger partial charge in [0.15, 0.2) is 0 Å². The Labute approximate surface area is 85.6 Å². The monoisotopic (exact) mass is 204 g/mol. The smallest absolute Gasteiger partial charge is 0.255 e. The maximum atomic E-state index is 11.2. The predicted octanol–water partition coefficient (Wildman–Crippen LogP) is 1.57. The molecule has 0 unspecified atom stereocenters. The van der Waals surface area contributed by atoms with E-state index in [0.29, 0.717) is 10.6 Å². The first-order valence-electron chi connectivity index (χ1n) is 4.07. The Bertz CT molecular complexity index is 513. The SMILES string of the molecule is [CH]c1cccc(-c2nn(C)c(=O)s2)c1. The lowest BCUT2D eigenvalue weighted by Gasteiger charge is -1.95.